The van der Waals surface area contributed by atoms with E-state index >= 15 is 4.39 Å². The molecule has 0 spiro atoms. The monoisotopic (exact) mass is 451 g/mol. The minimum absolute atomic E-state index is 0.126. The minimum atomic E-state index is -0.538. The Kier molecular flexibility index (Phi) is 5.37. The number of aryl methyl sites for hydroxylation is 1. The predicted octanol–water partition coefficient (Wildman–Crippen LogP) is 2.82. The average molecular weight is 451 g/mol. The average Bonchev–Trinajstić information content (AvgIpc) is 2.82. The van der Waals surface area contributed by atoms with Gasteiger partial charge in [-0.3, -0.25) is 14.7 Å². The molecule has 4 aromatic rings. The van der Waals surface area contributed by atoms with E-state index in [0.29, 0.717) is 66.4 Å². The smallest absolute Gasteiger partial charge is 0.251 e. The first-order valence-corrected chi connectivity index (χ1v) is 10.7. The summed E-state index contributed by atoms with van der Waals surface area (Å²) in [4.78, 5) is 31.1. The van der Waals surface area contributed by atoms with Crippen LogP contribution in [0.1, 0.15) is 11.1 Å². The molecule has 1 saturated heterocycles. The fourth-order valence-electron chi connectivity index (χ4n) is 4.22. The molecule has 0 bridgehead atoms. The second-order valence-electron chi connectivity index (χ2n) is 8.18. The number of piperazine rings is 1. The van der Waals surface area contributed by atoms with Crippen LogP contribution in [0.2, 0.25) is 0 Å². The highest BCUT2D eigenvalue weighted by Crippen LogP contribution is 2.27. The number of aromatic amines is 1. The van der Waals surface area contributed by atoms with Gasteiger partial charge in [-0.05, 0) is 25.1 Å². The van der Waals surface area contributed by atoms with Gasteiger partial charge in [0, 0.05) is 68.7 Å². The van der Waals surface area contributed by atoms with Gasteiger partial charge in [0.05, 0.1) is 11.2 Å². The summed E-state index contributed by atoms with van der Waals surface area (Å²) in [5.41, 5.74) is 2.08. The first-order chi connectivity index (χ1) is 15.9. The predicted molar refractivity (Wildman–Crippen MR) is 124 cm³/mol. The van der Waals surface area contributed by atoms with Gasteiger partial charge >= 0.3 is 0 Å². The van der Waals surface area contributed by atoms with Crippen molar-refractivity contribution in [3.8, 4) is 0 Å². The fourth-order valence-corrected chi connectivity index (χ4v) is 4.22. The zero-order valence-corrected chi connectivity index (χ0v) is 18.3. The quantitative estimate of drug-likeness (QED) is 0.461. The SMILES string of the molecule is CNc1nccc2cc(N3CCN(Cc4cnc5cc(C)c(=O)[nH]c5c4F)CC3)c(F)nc12. The minimum Gasteiger partial charge on any atom is -0.371 e. The Morgan fingerprint density at radius 2 is 1.94 bits per heavy atom. The number of hydrogen-bond acceptors (Lipinski definition) is 7. The van der Waals surface area contributed by atoms with E-state index in [-0.39, 0.29) is 11.1 Å². The number of nitrogens with one attached hydrogen (secondary N) is 2. The number of anilines is 2. The Hall–Kier alpha value is -3.66. The van der Waals surface area contributed by atoms with Crippen molar-refractivity contribution in [1.29, 1.82) is 0 Å². The highest BCUT2D eigenvalue weighted by atomic mass is 19.1. The van der Waals surface area contributed by atoms with Crippen LogP contribution in [0.4, 0.5) is 20.3 Å². The second-order valence-corrected chi connectivity index (χ2v) is 8.18. The number of fused-ring (bicyclic) bond motifs is 2. The first-order valence-electron chi connectivity index (χ1n) is 10.7. The first kappa shape index (κ1) is 21.2. The van der Waals surface area contributed by atoms with Crippen LogP contribution in [-0.4, -0.2) is 58.1 Å². The van der Waals surface area contributed by atoms with Crippen molar-refractivity contribution in [2.75, 3.05) is 43.4 Å². The molecule has 1 fully saturated rings. The van der Waals surface area contributed by atoms with Gasteiger partial charge in [-0.25, -0.2) is 14.4 Å². The molecule has 33 heavy (non-hydrogen) atoms. The lowest BCUT2D eigenvalue weighted by Crippen LogP contribution is -2.46. The molecule has 1 aliphatic rings. The maximum atomic E-state index is 15.0. The summed E-state index contributed by atoms with van der Waals surface area (Å²) in [6.07, 6.45) is 3.18. The summed E-state index contributed by atoms with van der Waals surface area (Å²) in [6.45, 7) is 4.41. The molecule has 1 aliphatic heterocycles. The summed E-state index contributed by atoms with van der Waals surface area (Å²) < 4.78 is 29.8. The topological polar surface area (TPSA) is 90.0 Å². The molecule has 5 rings (SSSR count). The highest BCUT2D eigenvalue weighted by molar-refractivity contribution is 5.90. The van der Waals surface area contributed by atoms with Crippen molar-refractivity contribution in [2.24, 2.45) is 0 Å². The van der Waals surface area contributed by atoms with Crippen LogP contribution in [-0.2, 0) is 6.54 Å². The van der Waals surface area contributed by atoms with Crippen molar-refractivity contribution in [3.63, 3.8) is 0 Å². The fraction of sp³-hybridized carbons (Fsp3) is 0.304. The van der Waals surface area contributed by atoms with Gasteiger partial charge < -0.3 is 15.2 Å². The molecular formula is C23H23F2N7O. The molecule has 0 aliphatic carbocycles. The van der Waals surface area contributed by atoms with Crippen LogP contribution in [0.15, 0.2) is 35.4 Å². The van der Waals surface area contributed by atoms with E-state index in [1.807, 2.05) is 11.0 Å². The largest absolute Gasteiger partial charge is 0.371 e. The van der Waals surface area contributed by atoms with Gasteiger partial charge in [0.15, 0.2) is 11.6 Å². The van der Waals surface area contributed by atoms with Crippen molar-refractivity contribution in [2.45, 2.75) is 13.5 Å². The maximum absolute atomic E-state index is 15.0. The molecular weight excluding hydrogens is 428 g/mol. The summed E-state index contributed by atoms with van der Waals surface area (Å²) in [5, 5.41) is 3.74. The second kappa shape index (κ2) is 8.36. The molecule has 0 unspecified atom stereocenters. The molecule has 0 saturated carbocycles. The summed E-state index contributed by atoms with van der Waals surface area (Å²) in [5.74, 6) is -0.465. The summed E-state index contributed by atoms with van der Waals surface area (Å²) in [7, 11) is 1.72. The van der Waals surface area contributed by atoms with E-state index in [4.69, 9.17) is 0 Å². The molecule has 4 aromatic heterocycles. The van der Waals surface area contributed by atoms with Gasteiger partial charge in [0.1, 0.15) is 11.0 Å². The standard InChI is InChI=1S/C23H23F2N7O/c1-13-9-16-20(30-23(13)33)18(24)15(11-28-16)12-31-5-7-32(8-6-31)17-10-14-3-4-27-22(26-2)19(14)29-21(17)25/h3-4,9-11H,5-8,12H2,1-2H3,(H,26,27)(H,30,33). The lowest BCUT2D eigenvalue weighted by Gasteiger charge is -2.36. The van der Waals surface area contributed by atoms with Crippen LogP contribution < -0.4 is 15.8 Å². The molecule has 0 atom stereocenters. The summed E-state index contributed by atoms with van der Waals surface area (Å²) in [6, 6.07) is 5.19. The van der Waals surface area contributed by atoms with Crippen molar-refractivity contribution < 1.29 is 8.78 Å². The van der Waals surface area contributed by atoms with Crippen molar-refractivity contribution in [3.05, 3.63) is 63.8 Å². The van der Waals surface area contributed by atoms with Crippen LogP contribution in [0.25, 0.3) is 21.9 Å². The normalized spacial score (nSPS) is 14.8. The molecule has 0 aromatic carbocycles. The molecule has 5 heterocycles. The van der Waals surface area contributed by atoms with Crippen molar-refractivity contribution >= 4 is 33.4 Å². The van der Waals surface area contributed by atoms with E-state index in [1.165, 1.54) is 6.20 Å². The lowest BCUT2D eigenvalue weighted by molar-refractivity contribution is 0.246. The lowest BCUT2D eigenvalue weighted by atomic mass is 10.1. The van der Waals surface area contributed by atoms with Gasteiger partial charge in [0.2, 0.25) is 5.95 Å². The van der Waals surface area contributed by atoms with E-state index in [1.54, 1.807) is 32.3 Å². The number of aromatic nitrogens is 4. The summed E-state index contributed by atoms with van der Waals surface area (Å²) >= 11 is 0. The Morgan fingerprint density at radius 1 is 1.15 bits per heavy atom. The third-order valence-electron chi connectivity index (χ3n) is 6.08. The van der Waals surface area contributed by atoms with Crippen LogP contribution in [0.5, 0.6) is 0 Å². The Bertz CT molecular complexity index is 1410. The zero-order chi connectivity index (χ0) is 23.1. The van der Waals surface area contributed by atoms with Crippen LogP contribution in [0, 0.1) is 18.7 Å². The number of H-pyrrole nitrogens is 1. The maximum Gasteiger partial charge on any atom is 0.251 e. The number of nitrogens with zero attached hydrogens (tertiary/aromatic N) is 5. The third kappa shape index (κ3) is 3.86. The number of pyridine rings is 4. The van der Waals surface area contributed by atoms with Gasteiger partial charge in [-0.1, -0.05) is 0 Å². The van der Waals surface area contributed by atoms with Crippen molar-refractivity contribution in [1.82, 2.24) is 24.8 Å². The third-order valence-corrected chi connectivity index (χ3v) is 6.08. The van der Waals surface area contributed by atoms with E-state index in [9.17, 15) is 9.18 Å². The number of halogens is 2. The number of rotatable bonds is 4. The van der Waals surface area contributed by atoms with Crippen LogP contribution >= 0.6 is 0 Å². The van der Waals surface area contributed by atoms with Gasteiger partial charge in [-0.2, -0.15) is 4.39 Å². The molecule has 2 N–H and O–H groups in total. The van der Waals surface area contributed by atoms with Gasteiger partial charge in [-0.15, -0.1) is 0 Å². The Balaban J connectivity index is 1.33. The van der Waals surface area contributed by atoms with Crippen LogP contribution in [0.3, 0.4) is 0 Å². The molecule has 10 heteroatoms. The van der Waals surface area contributed by atoms with Gasteiger partial charge in [0.25, 0.3) is 5.56 Å². The molecule has 8 nitrogen and oxygen atoms in total. The zero-order valence-electron chi connectivity index (χ0n) is 18.3. The Labute approximate surface area is 188 Å². The molecule has 170 valence electrons. The molecule has 0 amide bonds. The van der Waals surface area contributed by atoms with E-state index < -0.39 is 11.8 Å². The van der Waals surface area contributed by atoms with E-state index in [0.717, 1.165) is 5.39 Å². The Morgan fingerprint density at radius 3 is 2.70 bits per heavy atom. The highest BCUT2D eigenvalue weighted by Gasteiger charge is 2.23. The molecule has 0 radical (unpaired) electrons. The van der Waals surface area contributed by atoms with E-state index in [2.05, 4.69) is 30.2 Å². The number of hydrogen-bond donors (Lipinski definition) is 2.